The second-order valence-electron chi connectivity index (χ2n) is 4.35. The van der Waals surface area contributed by atoms with Crippen molar-refractivity contribution in [3.8, 4) is 0 Å². The average Bonchev–Trinajstić information content (AvgIpc) is 2.88. The minimum atomic E-state index is -0.577. The van der Waals surface area contributed by atoms with E-state index in [4.69, 9.17) is 10.2 Å². The van der Waals surface area contributed by atoms with Crippen molar-refractivity contribution in [3.63, 3.8) is 0 Å². The van der Waals surface area contributed by atoms with Crippen LogP contribution in [0.15, 0.2) is 28.8 Å². The van der Waals surface area contributed by atoms with Gasteiger partial charge in [-0.25, -0.2) is 9.37 Å². The number of nitrogens with one attached hydrogen (secondary N) is 1. The van der Waals surface area contributed by atoms with Crippen LogP contribution in [0.3, 0.4) is 0 Å². The fraction of sp³-hybridized carbons (Fsp3) is 0.286. The number of halogens is 1. The molecular formula is C14H16FN3O2. The van der Waals surface area contributed by atoms with E-state index in [1.807, 2.05) is 6.92 Å². The maximum absolute atomic E-state index is 13.6. The zero-order valence-electron chi connectivity index (χ0n) is 11.1. The summed E-state index contributed by atoms with van der Waals surface area (Å²) in [4.78, 5) is 15.1. The number of benzene rings is 1. The van der Waals surface area contributed by atoms with E-state index < -0.39 is 5.91 Å². The zero-order chi connectivity index (χ0) is 14.5. The fourth-order valence-corrected chi connectivity index (χ4v) is 1.76. The topological polar surface area (TPSA) is 81.1 Å². The third kappa shape index (κ3) is 3.42. The van der Waals surface area contributed by atoms with Crippen LogP contribution in [0.1, 0.15) is 34.5 Å². The predicted octanol–water partition coefficient (Wildman–Crippen LogP) is 1.76. The lowest BCUT2D eigenvalue weighted by Crippen LogP contribution is -2.16. The number of carbonyl (C=O) groups is 1. The van der Waals surface area contributed by atoms with Crippen LogP contribution in [0.5, 0.6) is 0 Å². The summed E-state index contributed by atoms with van der Waals surface area (Å²) in [6, 6.07) is 4.04. The summed E-state index contributed by atoms with van der Waals surface area (Å²) >= 11 is 0. The highest BCUT2D eigenvalue weighted by Crippen LogP contribution is 2.11. The van der Waals surface area contributed by atoms with Gasteiger partial charge in [0.25, 0.3) is 0 Å². The SMILES string of the molecule is CCc1cnc(CNCc2cc(C(N)=O)ccc2F)o1. The Morgan fingerprint density at radius 3 is 2.90 bits per heavy atom. The number of primary amides is 1. The summed E-state index contributed by atoms with van der Waals surface area (Å²) in [5, 5.41) is 3.01. The molecule has 5 nitrogen and oxygen atoms in total. The molecule has 1 amide bonds. The summed E-state index contributed by atoms with van der Waals surface area (Å²) in [6.07, 6.45) is 2.45. The van der Waals surface area contributed by atoms with Gasteiger partial charge in [0.05, 0.1) is 12.7 Å². The molecule has 0 saturated heterocycles. The Bertz CT molecular complexity index is 610. The molecule has 2 aromatic rings. The first-order valence-corrected chi connectivity index (χ1v) is 6.32. The Morgan fingerprint density at radius 2 is 2.25 bits per heavy atom. The van der Waals surface area contributed by atoms with Gasteiger partial charge < -0.3 is 15.5 Å². The van der Waals surface area contributed by atoms with Gasteiger partial charge in [-0.3, -0.25) is 4.79 Å². The molecule has 0 bridgehead atoms. The van der Waals surface area contributed by atoms with Crippen molar-refractivity contribution >= 4 is 5.91 Å². The van der Waals surface area contributed by atoms with Gasteiger partial charge in [0.2, 0.25) is 11.8 Å². The van der Waals surface area contributed by atoms with Crippen LogP contribution < -0.4 is 11.1 Å². The van der Waals surface area contributed by atoms with E-state index in [0.29, 0.717) is 18.0 Å². The number of aryl methyl sites for hydroxylation is 1. The summed E-state index contributed by atoms with van der Waals surface area (Å²) in [7, 11) is 0. The molecule has 0 aliphatic heterocycles. The lowest BCUT2D eigenvalue weighted by molar-refractivity contribution is 0.1000. The summed E-state index contributed by atoms with van der Waals surface area (Å²) < 4.78 is 19.0. The molecule has 0 unspecified atom stereocenters. The normalized spacial score (nSPS) is 10.7. The van der Waals surface area contributed by atoms with Crippen LogP contribution in [0.4, 0.5) is 4.39 Å². The lowest BCUT2D eigenvalue weighted by Gasteiger charge is -2.06. The lowest BCUT2D eigenvalue weighted by atomic mass is 10.1. The van der Waals surface area contributed by atoms with E-state index in [0.717, 1.165) is 12.2 Å². The first-order valence-electron chi connectivity index (χ1n) is 6.32. The van der Waals surface area contributed by atoms with Gasteiger partial charge in [0.15, 0.2) is 0 Å². The Balaban J connectivity index is 1.96. The van der Waals surface area contributed by atoms with Crippen molar-refractivity contribution in [1.82, 2.24) is 10.3 Å². The summed E-state index contributed by atoms with van der Waals surface area (Å²) in [5.74, 6) is 0.396. The van der Waals surface area contributed by atoms with Crippen molar-refractivity contribution in [2.75, 3.05) is 0 Å². The van der Waals surface area contributed by atoms with Crippen molar-refractivity contribution in [3.05, 3.63) is 53.0 Å². The van der Waals surface area contributed by atoms with Crippen LogP contribution >= 0.6 is 0 Å². The van der Waals surface area contributed by atoms with Crippen molar-refractivity contribution in [2.45, 2.75) is 26.4 Å². The highest BCUT2D eigenvalue weighted by molar-refractivity contribution is 5.92. The van der Waals surface area contributed by atoms with Gasteiger partial charge in [-0.2, -0.15) is 0 Å². The number of aromatic nitrogens is 1. The Labute approximate surface area is 116 Å². The van der Waals surface area contributed by atoms with Crippen molar-refractivity contribution in [1.29, 1.82) is 0 Å². The Morgan fingerprint density at radius 1 is 1.45 bits per heavy atom. The average molecular weight is 277 g/mol. The number of carbonyl (C=O) groups excluding carboxylic acids is 1. The number of amides is 1. The molecule has 1 aromatic heterocycles. The van der Waals surface area contributed by atoms with Crippen LogP contribution in [0, 0.1) is 5.82 Å². The number of nitrogens with zero attached hydrogens (tertiary/aromatic N) is 1. The molecule has 6 heteroatoms. The molecule has 1 aromatic carbocycles. The monoisotopic (exact) mass is 277 g/mol. The molecule has 106 valence electrons. The van der Waals surface area contributed by atoms with E-state index in [-0.39, 0.29) is 17.9 Å². The third-order valence-electron chi connectivity index (χ3n) is 2.87. The van der Waals surface area contributed by atoms with Crippen molar-refractivity contribution < 1.29 is 13.6 Å². The minimum absolute atomic E-state index is 0.261. The van der Waals surface area contributed by atoms with Gasteiger partial charge in [-0.05, 0) is 18.2 Å². The molecular weight excluding hydrogens is 261 g/mol. The van der Waals surface area contributed by atoms with Crippen LogP contribution in [0.2, 0.25) is 0 Å². The molecule has 0 fully saturated rings. The maximum atomic E-state index is 13.6. The number of rotatable bonds is 6. The standard InChI is InChI=1S/C14H16FN3O2/c1-2-11-7-18-13(20-11)8-17-6-10-5-9(14(16)19)3-4-12(10)15/h3-5,7,17H,2,6,8H2,1H3,(H2,16,19). The van der Waals surface area contributed by atoms with Crippen LogP contribution in [-0.4, -0.2) is 10.9 Å². The zero-order valence-corrected chi connectivity index (χ0v) is 11.1. The summed E-state index contributed by atoms with van der Waals surface area (Å²) in [5.41, 5.74) is 5.83. The molecule has 0 aliphatic carbocycles. The fourth-order valence-electron chi connectivity index (χ4n) is 1.76. The molecule has 0 spiro atoms. The van der Waals surface area contributed by atoms with E-state index in [1.165, 1.54) is 18.2 Å². The molecule has 0 aliphatic rings. The largest absolute Gasteiger partial charge is 0.444 e. The van der Waals surface area contributed by atoms with E-state index in [2.05, 4.69) is 10.3 Å². The van der Waals surface area contributed by atoms with Gasteiger partial charge >= 0.3 is 0 Å². The molecule has 0 saturated carbocycles. The van der Waals surface area contributed by atoms with E-state index >= 15 is 0 Å². The Kier molecular flexibility index (Phi) is 4.47. The molecule has 2 rings (SSSR count). The molecule has 1 heterocycles. The number of oxazole rings is 1. The summed E-state index contributed by atoms with van der Waals surface area (Å²) in [6.45, 7) is 2.62. The first-order chi connectivity index (χ1) is 9.60. The predicted molar refractivity (Wildman–Crippen MR) is 71.3 cm³/mol. The minimum Gasteiger partial charge on any atom is -0.444 e. The van der Waals surface area contributed by atoms with Gasteiger partial charge in [-0.1, -0.05) is 6.92 Å². The molecule has 0 atom stereocenters. The molecule has 20 heavy (non-hydrogen) atoms. The third-order valence-corrected chi connectivity index (χ3v) is 2.87. The van der Waals surface area contributed by atoms with Gasteiger partial charge in [-0.15, -0.1) is 0 Å². The molecule has 3 N–H and O–H groups in total. The van der Waals surface area contributed by atoms with Crippen molar-refractivity contribution in [2.24, 2.45) is 5.73 Å². The maximum Gasteiger partial charge on any atom is 0.248 e. The number of hydrogen-bond acceptors (Lipinski definition) is 4. The number of hydrogen-bond donors (Lipinski definition) is 2. The highest BCUT2D eigenvalue weighted by atomic mass is 19.1. The van der Waals surface area contributed by atoms with E-state index in [9.17, 15) is 9.18 Å². The number of nitrogens with two attached hydrogens (primary N) is 1. The second-order valence-corrected chi connectivity index (χ2v) is 4.35. The van der Waals surface area contributed by atoms with Gasteiger partial charge in [0, 0.05) is 24.1 Å². The second kappa shape index (κ2) is 6.29. The molecule has 0 radical (unpaired) electrons. The van der Waals surface area contributed by atoms with Crippen LogP contribution in [0.25, 0.3) is 0 Å². The van der Waals surface area contributed by atoms with E-state index in [1.54, 1.807) is 6.20 Å². The quantitative estimate of drug-likeness (QED) is 0.843. The smallest absolute Gasteiger partial charge is 0.248 e. The van der Waals surface area contributed by atoms with Crippen LogP contribution in [-0.2, 0) is 19.5 Å². The first kappa shape index (κ1) is 14.2. The highest BCUT2D eigenvalue weighted by Gasteiger charge is 2.08. The Hall–Kier alpha value is -2.21. The van der Waals surface area contributed by atoms with Gasteiger partial charge in [0.1, 0.15) is 11.6 Å².